The zero-order valence-corrected chi connectivity index (χ0v) is 19.6. The fourth-order valence-electron chi connectivity index (χ4n) is 3.45. The Kier molecular flexibility index (Phi) is 7.05. The van der Waals surface area contributed by atoms with Crippen molar-refractivity contribution in [3.05, 3.63) is 71.4 Å². The standard InChI is InChI=1S/C24H20F4N6O3/c1-13-16(23(36)30-10-17-18(25)4-3-5-20(17)37-12-24(26,27)28)8-15(9-29-13)19-6-7-22-32-21(31-14(2)35)11-34(22)33-19/h3-9,11H,10,12H2,1-2H3,(H,30,36)(H,31,35). The molecule has 192 valence electrons. The van der Waals surface area contributed by atoms with E-state index in [9.17, 15) is 27.2 Å². The topological polar surface area (TPSA) is 111 Å². The number of carbonyl (C=O) groups excluding carboxylic acids is 2. The first kappa shape index (κ1) is 25.5. The van der Waals surface area contributed by atoms with Gasteiger partial charge in [0.25, 0.3) is 5.91 Å². The number of amides is 2. The third kappa shape index (κ3) is 6.18. The first-order valence-electron chi connectivity index (χ1n) is 10.9. The number of carbonyl (C=O) groups is 2. The summed E-state index contributed by atoms with van der Waals surface area (Å²) in [5.74, 6) is -1.71. The lowest BCUT2D eigenvalue weighted by Crippen LogP contribution is -2.25. The van der Waals surface area contributed by atoms with E-state index in [1.165, 1.54) is 36.0 Å². The van der Waals surface area contributed by atoms with Crippen LogP contribution in [0.15, 0.2) is 48.8 Å². The van der Waals surface area contributed by atoms with Gasteiger partial charge < -0.3 is 15.4 Å². The Bertz CT molecular complexity index is 1490. The molecule has 2 N–H and O–H groups in total. The second-order valence-electron chi connectivity index (χ2n) is 7.99. The molecule has 0 radical (unpaired) electrons. The summed E-state index contributed by atoms with van der Waals surface area (Å²) in [6, 6.07) is 8.35. The van der Waals surface area contributed by atoms with Gasteiger partial charge in [0.15, 0.2) is 18.1 Å². The van der Waals surface area contributed by atoms with E-state index >= 15 is 0 Å². The summed E-state index contributed by atoms with van der Waals surface area (Å²) in [5, 5.41) is 9.51. The summed E-state index contributed by atoms with van der Waals surface area (Å²) in [7, 11) is 0. The largest absolute Gasteiger partial charge is 0.484 e. The van der Waals surface area contributed by atoms with Gasteiger partial charge >= 0.3 is 6.18 Å². The lowest BCUT2D eigenvalue weighted by molar-refractivity contribution is -0.153. The highest BCUT2D eigenvalue weighted by atomic mass is 19.4. The Labute approximate surface area is 207 Å². The second-order valence-corrected chi connectivity index (χ2v) is 7.99. The number of pyridine rings is 1. The van der Waals surface area contributed by atoms with E-state index < -0.39 is 31.1 Å². The van der Waals surface area contributed by atoms with Crippen molar-refractivity contribution in [2.45, 2.75) is 26.6 Å². The maximum atomic E-state index is 14.3. The lowest BCUT2D eigenvalue weighted by Gasteiger charge is -2.15. The molecule has 0 bridgehead atoms. The fraction of sp³-hybridized carbons (Fsp3) is 0.208. The predicted molar refractivity (Wildman–Crippen MR) is 124 cm³/mol. The smallest absolute Gasteiger partial charge is 0.422 e. The van der Waals surface area contributed by atoms with Crippen LogP contribution in [0.25, 0.3) is 16.9 Å². The van der Waals surface area contributed by atoms with Crippen LogP contribution in [0.5, 0.6) is 5.75 Å². The molecule has 0 saturated carbocycles. The van der Waals surface area contributed by atoms with Gasteiger partial charge in [0, 0.05) is 30.8 Å². The molecule has 0 aliphatic rings. The second kappa shape index (κ2) is 10.2. The van der Waals surface area contributed by atoms with Crippen molar-refractivity contribution in [3.8, 4) is 17.0 Å². The normalized spacial score (nSPS) is 11.4. The maximum Gasteiger partial charge on any atom is 0.422 e. The van der Waals surface area contributed by atoms with Crippen molar-refractivity contribution < 1.29 is 31.9 Å². The Hall–Kier alpha value is -4.55. The molecule has 1 aromatic carbocycles. The molecule has 0 unspecified atom stereocenters. The molecule has 2 amide bonds. The third-order valence-electron chi connectivity index (χ3n) is 5.14. The van der Waals surface area contributed by atoms with Crippen LogP contribution in [0, 0.1) is 12.7 Å². The van der Waals surface area contributed by atoms with Crippen molar-refractivity contribution in [1.82, 2.24) is 24.9 Å². The molecule has 0 atom stereocenters. The highest BCUT2D eigenvalue weighted by Gasteiger charge is 2.29. The van der Waals surface area contributed by atoms with Gasteiger partial charge in [-0.05, 0) is 37.3 Å². The number of imidazole rings is 1. The SMILES string of the molecule is CC(=O)Nc1cn2nc(-c3cnc(C)c(C(=O)NCc4c(F)cccc4OCC(F)(F)F)c3)ccc2n1. The molecule has 0 saturated heterocycles. The van der Waals surface area contributed by atoms with Crippen LogP contribution in [-0.2, 0) is 11.3 Å². The molecule has 0 spiro atoms. The van der Waals surface area contributed by atoms with Crippen LogP contribution in [0.1, 0.15) is 28.5 Å². The van der Waals surface area contributed by atoms with E-state index in [0.717, 1.165) is 6.07 Å². The van der Waals surface area contributed by atoms with Crippen LogP contribution in [0.3, 0.4) is 0 Å². The van der Waals surface area contributed by atoms with Gasteiger partial charge in [-0.25, -0.2) is 13.9 Å². The molecule has 0 fully saturated rings. The fourth-order valence-corrected chi connectivity index (χ4v) is 3.45. The van der Waals surface area contributed by atoms with E-state index in [4.69, 9.17) is 4.74 Å². The molecule has 37 heavy (non-hydrogen) atoms. The van der Waals surface area contributed by atoms with Crippen molar-refractivity contribution in [2.24, 2.45) is 0 Å². The van der Waals surface area contributed by atoms with E-state index in [2.05, 4.69) is 25.7 Å². The molecular weight excluding hydrogens is 496 g/mol. The van der Waals surface area contributed by atoms with Crippen molar-refractivity contribution in [3.63, 3.8) is 0 Å². The van der Waals surface area contributed by atoms with Gasteiger partial charge in [0.1, 0.15) is 11.6 Å². The number of ether oxygens (including phenoxy) is 1. The average molecular weight is 516 g/mol. The van der Waals surface area contributed by atoms with Gasteiger partial charge in [-0.15, -0.1) is 0 Å². The zero-order chi connectivity index (χ0) is 26.7. The zero-order valence-electron chi connectivity index (χ0n) is 19.6. The van der Waals surface area contributed by atoms with Gasteiger partial charge in [0.2, 0.25) is 5.91 Å². The Balaban J connectivity index is 1.54. The van der Waals surface area contributed by atoms with E-state index in [0.29, 0.717) is 28.4 Å². The van der Waals surface area contributed by atoms with Crippen LogP contribution in [0.4, 0.5) is 23.4 Å². The number of aryl methyl sites for hydroxylation is 1. The van der Waals surface area contributed by atoms with Gasteiger partial charge in [-0.3, -0.25) is 14.6 Å². The molecule has 4 aromatic rings. The number of nitrogens with one attached hydrogen (secondary N) is 2. The van der Waals surface area contributed by atoms with Crippen LogP contribution >= 0.6 is 0 Å². The number of halogens is 4. The predicted octanol–water partition coefficient (Wildman–Crippen LogP) is 4.07. The van der Waals surface area contributed by atoms with Crippen molar-refractivity contribution >= 4 is 23.3 Å². The minimum absolute atomic E-state index is 0.165. The first-order chi connectivity index (χ1) is 17.5. The van der Waals surface area contributed by atoms with Gasteiger partial charge in [-0.1, -0.05) is 6.07 Å². The van der Waals surface area contributed by atoms with Crippen LogP contribution < -0.4 is 15.4 Å². The Morgan fingerprint density at radius 1 is 1.16 bits per heavy atom. The third-order valence-corrected chi connectivity index (χ3v) is 5.14. The van der Waals surface area contributed by atoms with E-state index in [-0.39, 0.29) is 22.8 Å². The summed E-state index contributed by atoms with van der Waals surface area (Å²) in [4.78, 5) is 32.6. The number of benzene rings is 1. The molecule has 3 heterocycles. The van der Waals surface area contributed by atoms with Crippen LogP contribution in [0.2, 0.25) is 0 Å². The van der Waals surface area contributed by atoms with Crippen LogP contribution in [-0.4, -0.2) is 44.2 Å². The molecule has 13 heteroatoms. The molecular formula is C24H20F4N6O3. The number of fused-ring (bicyclic) bond motifs is 1. The Morgan fingerprint density at radius 2 is 1.95 bits per heavy atom. The lowest BCUT2D eigenvalue weighted by atomic mass is 10.1. The number of hydrogen-bond donors (Lipinski definition) is 2. The summed E-state index contributed by atoms with van der Waals surface area (Å²) in [6.45, 7) is 0.957. The van der Waals surface area contributed by atoms with E-state index in [1.54, 1.807) is 25.1 Å². The number of nitrogens with zero attached hydrogens (tertiary/aromatic N) is 4. The average Bonchev–Trinajstić information content (AvgIpc) is 3.22. The molecule has 9 nitrogen and oxygen atoms in total. The van der Waals surface area contributed by atoms with Gasteiger partial charge in [-0.2, -0.15) is 18.3 Å². The summed E-state index contributed by atoms with van der Waals surface area (Å²) in [5.41, 5.74) is 1.76. The van der Waals surface area contributed by atoms with Crippen molar-refractivity contribution in [1.29, 1.82) is 0 Å². The minimum atomic E-state index is -4.60. The van der Waals surface area contributed by atoms with E-state index in [1.807, 2.05) is 0 Å². The minimum Gasteiger partial charge on any atom is -0.484 e. The maximum absolute atomic E-state index is 14.3. The Morgan fingerprint density at radius 3 is 2.68 bits per heavy atom. The molecule has 0 aliphatic carbocycles. The number of aromatic nitrogens is 4. The number of anilines is 1. The summed E-state index contributed by atoms with van der Waals surface area (Å²) in [6.07, 6.45) is -1.55. The first-order valence-corrected chi connectivity index (χ1v) is 10.9. The molecule has 3 aromatic heterocycles. The number of rotatable bonds is 7. The quantitative estimate of drug-likeness (QED) is 0.359. The van der Waals surface area contributed by atoms with Gasteiger partial charge in [0.05, 0.1) is 23.1 Å². The number of hydrogen-bond acceptors (Lipinski definition) is 6. The molecule has 4 rings (SSSR count). The molecule has 0 aliphatic heterocycles. The van der Waals surface area contributed by atoms with Crippen molar-refractivity contribution in [2.75, 3.05) is 11.9 Å². The highest BCUT2D eigenvalue weighted by molar-refractivity contribution is 5.96. The monoisotopic (exact) mass is 516 g/mol. The highest BCUT2D eigenvalue weighted by Crippen LogP contribution is 2.25. The number of alkyl halides is 3. The summed E-state index contributed by atoms with van der Waals surface area (Å²) >= 11 is 0. The summed E-state index contributed by atoms with van der Waals surface area (Å²) < 4.78 is 58.1.